The number of hydrogen-bond donors (Lipinski definition) is 2. The number of hydrogen-bond acceptors (Lipinski definition) is 6. The minimum Gasteiger partial charge on any atom is -0.394 e. The topological polar surface area (TPSA) is 86.8 Å². The molecule has 1 heterocycles. The van der Waals surface area contributed by atoms with Crippen molar-refractivity contribution < 1.29 is 14.9 Å². The summed E-state index contributed by atoms with van der Waals surface area (Å²) in [6.45, 7) is -0.385. The zero-order valence-electron chi connectivity index (χ0n) is 6.09. The zero-order chi connectivity index (χ0) is 9.03. The van der Waals surface area contributed by atoms with Crippen LogP contribution in [0.3, 0.4) is 0 Å². The Morgan fingerprint density at radius 3 is 2.92 bits per heavy atom. The van der Waals surface area contributed by atoms with E-state index in [1.807, 2.05) is 0 Å². The first kappa shape index (κ1) is 9.72. The molecular weight excluding hydrogens is 230 g/mol. The van der Waals surface area contributed by atoms with Gasteiger partial charge in [0.25, 0.3) is 4.63 Å². The van der Waals surface area contributed by atoms with E-state index in [9.17, 15) is 0 Å². The number of aliphatic hydroxyl groups is 2. The Bertz CT molecular complexity index is 196. The largest absolute Gasteiger partial charge is 0.394 e. The molecule has 1 rings (SSSR count). The van der Waals surface area contributed by atoms with Gasteiger partial charge in [-0.05, 0) is 21.2 Å². The molecule has 68 valence electrons. The summed E-state index contributed by atoms with van der Waals surface area (Å²) in [7, 11) is 0. The number of aliphatic hydroxyl groups excluding tert-OH is 2. The molecule has 0 saturated carbocycles. The minimum atomic E-state index is -1.07. The Morgan fingerprint density at radius 1 is 1.67 bits per heavy atom. The van der Waals surface area contributed by atoms with Gasteiger partial charge >= 0.3 is 0 Å². The van der Waals surface area contributed by atoms with Gasteiger partial charge in [0.15, 0.2) is 0 Å². The van der Waals surface area contributed by atoms with E-state index in [0.717, 1.165) is 0 Å². The second kappa shape index (κ2) is 4.04. The van der Waals surface area contributed by atoms with Crippen LogP contribution in [0.5, 0.6) is 0 Å². The molecule has 6 nitrogen and oxygen atoms in total. The molecule has 0 saturated heterocycles. The first-order valence-corrected chi connectivity index (χ1v) is 4.04. The molecule has 2 N–H and O–H groups in total. The summed E-state index contributed by atoms with van der Waals surface area (Å²) in [4.78, 5) is 0. The van der Waals surface area contributed by atoms with Crippen molar-refractivity contribution in [1.29, 1.82) is 0 Å². The number of nitrogens with zero attached hydrogens (tertiary/aromatic N) is 3. The maximum atomic E-state index is 8.92. The molecule has 0 aromatic carbocycles. The quantitative estimate of drug-likeness (QED) is 0.527. The van der Waals surface area contributed by atoms with Crippen molar-refractivity contribution >= 4 is 22.1 Å². The molecule has 1 aliphatic heterocycles. The summed E-state index contributed by atoms with van der Waals surface area (Å²) in [5.41, 5.74) is 0. The van der Waals surface area contributed by atoms with E-state index in [0.29, 0.717) is 0 Å². The van der Waals surface area contributed by atoms with Gasteiger partial charge in [0.05, 0.1) is 19.4 Å². The van der Waals surface area contributed by atoms with Crippen LogP contribution in [0.2, 0.25) is 0 Å². The fourth-order valence-electron chi connectivity index (χ4n) is 0.542. The smallest absolute Gasteiger partial charge is 0.275 e. The third-order valence-electron chi connectivity index (χ3n) is 1.14. The van der Waals surface area contributed by atoms with Crippen LogP contribution in [0.4, 0.5) is 0 Å². The van der Waals surface area contributed by atoms with Gasteiger partial charge in [-0.2, -0.15) is 0 Å². The molecule has 2 atom stereocenters. The van der Waals surface area contributed by atoms with Gasteiger partial charge in [-0.15, -0.1) is 10.2 Å². The molecule has 0 aromatic rings. The number of ether oxygens (including phenoxy) is 1. The van der Waals surface area contributed by atoms with Gasteiger partial charge in [-0.3, -0.25) is 0 Å². The maximum absolute atomic E-state index is 8.92. The van der Waals surface area contributed by atoms with E-state index < -0.39 is 10.7 Å². The zero-order valence-corrected chi connectivity index (χ0v) is 7.68. The highest BCUT2D eigenvalue weighted by Crippen LogP contribution is 2.23. The predicted octanol–water partition coefficient (Wildman–Crippen LogP) is -0.143. The molecule has 0 fully saturated rings. The summed E-state index contributed by atoms with van der Waals surface area (Å²) in [5.74, 6) is 0. The average Bonchev–Trinajstić information content (AvgIpc) is 2.49. The molecule has 0 amide bonds. The van der Waals surface area contributed by atoms with E-state index in [-0.39, 0.29) is 13.2 Å². The van der Waals surface area contributed by atoms with E-state index in [1.165, 1.54) is 6.21 Å². The average molecular weight is 238 g/mol. The lowest BCUT2D eigenvalue weighted by atomic mass is 10.4. The normalized spacial score (nSPS) is 29.6. The molecule has 0 spiro atoms. The van der Waals surface area contributed by atoms with Crippen LogP contribution in [-0.2, 0) is 4.74 Å². The molecule has 0 aromatic heterocycles. The van der Waals surface area contributed by atoms with Crippen LogP contribution >= 0.6 is 15.9 Å². The molecular formula is C5H8BrN3O3. The van der Waals surface area contributed by atoms with Crippen LogP contribution < -0.4 is 0 Å². The van der Waals surface area contributed by atoms with Crippen LogP contribution in [0, 0.1) is 0 Å². The Morgan fingerprint density at radius 2 is 2.42 bits per heavy atom. The third-order valence-corrected chi connectivity index (χ3v) is 1.73. The fraction of sp³-hybridized carbons (Fsp3) is 0.800. The minimum absolute atomic E-state index is 0.0349. The first-order valence-electron chi connectivity index (χ1n) is 3.24. The van der Waals surface area contributed by atoms with E-state index in [4.69, 9.17) is 14.9 Å². The predicted molar refractivity (Wildman–Crippen MR) is 44.1 cm³/mol. The van der Waals surface area contributed by atoms with Crippen LogP contribution in [0.1, 0.15) is 0 Å². The second-order valence-electron chi connectivity index (χ2n) is 2.19. The number of alkyl halides is 1. The fourth-order valence-corrected chi connectivity index (χ4v) is 0.836. The van der Waals surface area contributed by atoms with E-state index in [1.54, 1.807) is 0 Å². The van der Waals surface area contributed by atoms with Crippen molar-refractivity contribution in [2.45, 2.75) is 10.7 Å². The van der Waals surface area contributed by atoms with Crippen molar-refractivity contribution in [2.24, 2.45) is 15.4 Å². The molecule has 2 unspecified atom stereocenters. The molecule has 0 aliphatic carbocycles. The van der Waals surface area contributed by atoms with Gasteiger partial charge in [0.2, 0.25) is 0 Å². The van der Waals surface area contributed by atoms with Crippen molar-refractivity contribution in [1.82, 2.24) is 0 Å². The molecule has 12 heavy (non-hydrogen) atoms. The summed E-state index contributed by atoms with van der Waals surface area (Å²) in [5, 5.41) is 27.7. The SMILES string of the molecule is OCC(O)COC1(Br)C=NN=N1. The van der Waals surface area contributed by atoms with Gasteiger partial charge in [-0.25, -0.2) is 0 Å². The lowest BCUT2D eigenvalue weighted by Crippen LogP contribution is -2.29. The maximum Gasteiger partial charge on any atom is 0.275 e. The lowest BCUT2D eigenvalue weighted by molar-refractivity contribution is -0.0137. The highest BCUT2D eigenvalue weighted by atomic mass is 79.9. The van der Waals surface area contributed by atoms with Crippen molar-refractivity contribution in [3.8, 4) is 0 Å². The summed E-state index contributed by atoms with van der Waals surface area (Å²) in [6, 6.07) is 0. The molecule has 7 heteroatoms. The highest BCUT2D eigenvalue weighted by Gasteiger charge is 2.28. The second-order valence-corrected chi connectivity index (χ2v) is 3.33. The number of halogens is 1. The monoisotopic (exact) mass is 237 g/mol. The van der Waals surface area contributed by atoms with Gasteiger partial charge in [0.1, 0.15) is 6.10 Å². The van der Waals surface area contributed by atoms with E-state index in [2.05, 4.69) is 31.4 Å². The highest BCUT2D eigenvalue weighted by molar-refractivity contribution is 9.10. The van der Waals surface area contributed by atoms with Gasteiger partial charge in [-0.1, -0.05) is 0 Å². The van der Waals surface area contributed by atoms with E-state index >= 15 is 0 Å². The summed E-state index contributed by atoms with van der Waals surface area (Å²) in [6.07, 6.45) is 0.431. The lowest BCUT2D eigenvalue weighted by Gasteiger charge is -2.15. The van der Waals surface area contributed by atoms with Crippen molar-refractivity contribution in [3.05, 3.63) is 0 Å². The molecule has 0 bridgehead atoms. The third kappa shape index (κ3) is 2.59. The summed E-state index contributed by atoms with van der Waals surface area (Å²) >= 11 is 3.08. The molecule has 1 aliphatic rings. The van der Waals surface area contributed by atoms with Gasteiger partial charge < -0.3 is 14.9 Å². The van der Waals surface area contributed by atoms with Crippen molar-refractivity contribution in [2.75, 3.05) is 13.2 Å². The Labute approximate surface area is 77.1 Å². The number of rotatable bonds is 4. The van der Waals surface area contributed by atoms with Crippen LogP contribution in [-0.4, -0.2) is 40.4 Å². The standard InChI is InChI=1S/C5H8BrN3O3/c6-5(3-7-9-8-5)12-2-4(11)1-10/h3-4,10-11H,1-2H2. The summed E-state index contributed by atoms with van der Waals surface area (Å²) < 4.78 is 3.97. The van der Waals surface area contributed by atoms with Crippen LogP contribution in [0.25, 0.3) is 0 Å². The van der Waals surface area contributed by atoms with Crippen molar-refractivity contribution in [3.63, 3.8) is 0 Å². The molecule has 0 radical (unpaired) electrons. The Balaban J connectivity index is 2.31. The van der Waals surface area contributed by atoms with Gasteiger partial charge in [0, 0.05) is 0 Å². The first-order chi connectivity index (χ1) is 5.66. The Kier molecular flexibility index (Phi) is 3.27. The van der Waals surface area contributed by atoms with Crippen LogP contribution in [0.15, 0.2) is 15.4 Å². The Hall–Kier alpha value is -0.370.